The third kappa shape index (κ3) is 5.47. The number of hydrogen-bond acceptors (Lipinski definition) is 5. The molecule has 2 N–H and O–H groups in total. The molecule has 5 aromatic rings. The van der Waals surface area contributed by atoms with Crippen LogP contribution in [-0.2, 0) is 11.2 Å². The monoisotopic (exact) mass is 590 g/mol. The number of methoxy groups -OCH3 is 1. The van der Waals surface area contributed by atoms with Gasteiger partial charge in [-0.25, -0.2) is 9.79 Å². The van der Waals surface area contributed by atoms with Gasteiger partial charge in [0.15, 0.2) is 5.17 Å². The third-order valence-electron chi connectivity index (χ3n) is 7.60. The van der Waals surface area contributed by atoms with Gasteiger partial charge >= 0.3 is 5.97 Å². The van der Waals surface area contributed by atoms with Crippen LogP contribution in [0, 0.1) is 13.8 Å². The number of benzene rings is 3. The fraction of sp³-hybridized carbons (Fsp3) is 0.147. The maximum atomic E-state index is 13.9. The maximum Gasteiger partial charge on any atom is 0.337 e. The molecule has 0 atom stereocenters. The summed E-state index contributed by atoms with van der Waals surface area (Å²) in [5, 5.41) is 11.5. The van der Waals surface area contributed by atoms with E-state index in [1.165, 1.54) is 11.8 Å². The summed E-state index contributed by atoms with van der Waals surface area (Å²) in [5.74, 6) is -0.377. The molecule has 3 heterocycles. The van der Waals surface area contributed by atoms with Crippen molar-refractivity contribution in [2.24, 2.45) is 4.99 Å². The number of aromatic amines is 1. The zero-order valence-corrected chi connectivity index (χ0v) is 24.8. The summed E-state index contributed by atoms with van der Waals surface area (Å²) in [4.78, 5) is 36.3. The van der Waals surface area contributed by atoms with Crippen LogP contribution in [0.15, 0.2) is 95.0 Å². The molecule has 0 spiro atoms. The van der Waals surface area contributed by atoms with Gasteiger partial charge in [-0.15, -0.1) is 0 Å². The van der Waals surface area contributed by atoms with E-state index >= 15 is 0 Å². The number of aliphatic imine (C=N–C) groups is 1. The number of carboxylic acids is 1. The van der Waals surface area contributed by atoms with Crippen molar-refractivity contribution in [3.63, 3.8) is 0 Å². The molecule has 0 saturated carbocycles. The second-order valence-corrected chi connectivity index (χ2v) is 11.3. The van der Waals surface area contributed by atoms with E-state index in [0.29, 0.717) is 28.7 Å². The van der Waals surface area contributed by atoms with Crippen molar-refractivity contribution >= 4 is 51.5 Å². The molecule has 0 radical (unpaired) electrons. The topological polar surface area (TPSA) is 99.9 Å². The standard InChI is InChI=1S/C34H30N4O4S/c1-21-18-24(22(2)38(21)30-11-7-5-9-28(30)33(40)41)19-31-32(39)37(17-16-23-20-35-29-10-6-4-8-27(23)29)34(43-31)36-25-12-14-26(42-3)15-13-25/h4-15,18-20,35H,16-17H2,1-3H3,(H,40,41). The number of nitrogens with one attached hydrogen (secondary N) is 1. The van der Waals surface area contributed by atoms with Crippen LogP contribution in [0.5, 0.6) is 5.75 Å². The van der Waals surface area contributed by atoms with Crippen LogP contribution < -0.4 is 4.74 Å². The van der Waals surface area contributed by atoms with E-state index in [0.717, 1.165) is 44.9 Å². The number of aromatic nitrogens is 2. The average Bonchev–Trinajstić information content (AvgIpc) is 3.65. The number of carbonyl (C=O) groups is 2. The van der Waals surface area contributed by atoms with Crippen molar-refractivity contribution in [3.8, 4) is 11.4 Å². The van der Waals surface area contributed by atoms with Gasteiger partial charge in [0.25, 0.3) is 5.91 Å². The highest BCUT2D eigenvalue weighted by atomic mass is 32.2. The van der Waals surface area contributed by atoms with Crippen LogP contribution >= 0.6 is 11.8 Å². The molecule has 43 heavy (non-hydrogen) atoms. The molecule has 3 aromatic carbocycles. The van der Waals surface area contributed by atoms with Crippen molar-refractivity contribution in [2.45, 2.75) is 20.3 Å². The number of amidine groups is 1. The Morgan fingerprint density at radius 2 is 1.79 bits per heavy atom. The number of rotatable bonds is 8. The summed E-state index contributed by atoms with van der Waals surface area (Å²) < 4.78 is 7.20. The normalized spacial score (nSPS) is 15.2. The lowest BCUT2D eigenvalue weighted by atomic mass is 10.1. The van der Waals surface area contributed by atoms with Gasteiger partial charge in [0.2, 0.25) is 0 Å². The number of aryl methyl sites for hydroxylation is 1. The number of carbonyl (C=O) groups excluding carboxylic acids is 1. The Morgan fingerprint density at radius 3 is 2.56 bits per heavy atom. The van der Waals surface area contributed by atoms with Gasteiger partial charge in [-0.2, -0.15) is 0 Å². The molecule has 1 saturated heterocycles. The van der Waals surface area contributed by atoms with Gasteiger partial charge in [0.1, 0.15) is 5.75 Å². The molecule has 1 aliphatic heterocycles. The van der Waals surface area contributed by atoms with Gasteiger partial charge in [-0.3, -0.25) is 9.69 Å². The first-order valence-electron chi connectivity index (χ1n) is 13.8. The molecule has 8 nitrogen and oxygen atoms in total. The first-order valence-corrected chi connectivity index (χ1v) is 14.7. The average molecular weight is 591 g/mol. The number of aromatic carboxylic acids is 1. The summed E-state index contributed by atoms with van der Waals surface area (Å²) in [7, 11) is 1.62. The summed E-state index contributed by atoms with van der Waals surface area (Å²) in [6, 6.07) is 24.5. The largest absolute Gasteiger partial charge is 0.497 e. The second-order valence-electron chi connectivity index (χ2n) is 10.3. The Morgan fingerprint density at radius 1 is 1.05 bits per heavy atom. The van der Waals surface area contributed by atoms with Crippen molar-refractivity contribution < 1.29 is 19.4 Å². The predicted molar refractivity (Wildman–Crippen MR) is 172 cm³/mol. The Hall–Kier alpha value is -5.02. The lowest BCUT2D eigenvalue weighted by Gasteiger charge is -2.15. The number of H-pyrrole nitrogens is 1. The van der Waals surface area contributed by atoms with E-state index in [1.54, 1.807) is 30.2 Å². The van der Waals surface area contributed by atoms with E-state index in [4.69, 9.17) is 9.73 Å². The van der Waals surface area contributed by atoms with Crippen molar-refractivity contribution in [1.82, 2.24) is 14.5 Å². The molecule has 2 aromatic heterocycles. The van der Waals surface area contributed by atoms with Gasteiger partial charge in [0, 0.05) is 35.0 Å². The van der Waals surface area contributed by atoms with Crippen LogP contribution in [0.25, 0.3) is 22.7 Å². The SMILES string of the molecule is COc1ccc(N=C2SC(=Cc3cc(C)n(-c4ccccc4C(=O)O)c3C)C(=O)N2CCc2c[nH]c3ccccc23)cc1. The van der Waals surface area contributed by atoms with Crippen LogP contribution in [0.2, 0.25) is 0 Å². The number of para-hydroxylation sites is 2. The minimum atomic E-state index is -0.991. The minimum absolute atomic E-state index is 0.118. The lowest BCUT2D eigenvalue weighted by molar-refractivity contribution is -0.122. The highest BCUT2D eigenvalue weighted by Crippen LogP contribution is 2.36. The first kappa shape index (κ1) is 28.1. The molecular formula is C34H30N4O4S. The molecule has 216 valence electrons. The van der Waals surface area contributed by atoms with Gasteiger partial charge in [-0.05, 0) is 97.8 Å². The van der Waals surface area contributed by atoms with Gasteiger partial charge in [-0.1, -0.05) is 30.3 Å². The number of amides is 1. The summed E-state index contributed by atoms with van der Waals surface area (Å²) in [5.41, 5.74) is 6.28. The number of nitrogens with zero attached hydrogens (tertiary/aromatic N) is 3. The predicted octanol–water partition coefficient (Wildman–Crippen LogP) is 7.13. The Bertz CT molecular complexity index is 1920. The van der Waals surface area contributed by atoms with Crippen molar-refractivity contribution in [2.75, 3.05) is 13.7 Å². The molecule has 0 unspecified atom stereocenters. The highest BCUT2D eigenvalue weighted by Gasteiger charge is 2.34. The van der Waals surface area contributed by atoms with E-state index in [9.17, 15) is 14.7 Å². The first-order chi connectivity index (χ1) is 20.8. The van der Waals surface area contributed by atoms with E-state index < -0.39 is 5.97 Å². The smallest absolute Gasteiger partial charge is 0.337 e. The van der Waals surface area contributed by atoms with E-state index in [-0.39, 0.29) is 11.5 Å². The zero-order valence-electron chi connectivity index (χ0n) is 24.0. The van der Waals surface area contributed by atoms with Gasteiger partial charge < -0.3 is 19.4 Å². The fourth-order valence-electron chi connectivity index (χ4n) is 5.42. The van der Waals surface area contributed by atoms with Crippen molar-refractivity contribution in [1.29, 1.82) is 0 Å². The molecule has 9 heteroatoms. The minimum Gasteiger partial charge on any atom is -0.497 e. The molecule has 1 amide bonds. The number of hydrogen-bond donors (Lipinski definition) is 2. The number of thioether (sulfide) groups is 1. The molecule has 1 fully saturated rings. The number of fused-ring (bicyclic) bond motifs is 1. The molecule has 6 rings (SSSR count). The molecule has 1 aliphatic rings. The zero-order chi connectivity index (χ0) is 30.1. The summed E-state index contributed by atoms with van der Waals surface area (Å²) in [6.45, 7) is 4.33. The van der Waals surface area contributed by atoms with Gasteiger partial charge in [0.05, 0.1) is 29.0 Å². The Kier molecular flexibility index (Phi) is 7.65. The van der Waals surface area contributed by atoms with E-state index in [1.807, 2.05) is 85.3 Å². The third-order valence-corrected chi connectivity index (χ3v) is 8.60. The lowest BCUT2D eigenvalue weighted by Crippen LogP contribution is -2.31. The molecular weight excluding hydrogens is 560 g/mol. The Labute approximate surface area is 253 Å². The van der Waals surface area contributed by atoms with Crippen LogP contribution in [0.1, 0.15) is 32.9 Å². The summed E-state index contributed by atoms with van der Waals surface area (Å²) in [6.07, 6.45) is 4.54. The molecule has 0 bridgehead atoms. The quantitative estimate of drug-likeness (QED) is 0.187. The number of carboxylic acid groups (broad SMARTS) is 1. The van der Waals surface area contributed by atoms with Crippen LogP contribution in [-0.4, -0.2) is 50.3 Å². The van der Waals surface area contributed by atoms with Crippen molar-refractivity contribution in [3.05, 3.63) is 118 Å². The highest BCUT2D eigenvalue weighted by molar-refractivity contribution is 8.18. The van der Waals surface area contributed by atoms with Crippen LogP contribution in [0.3, 0.4) is 0 Å². The molecule has 0 aliphatic carbocycles. The number of ether oxygens (including phenoxy) is 1. The summed E-state index contributed by atoms with van der Waals surface area (Å²) >= 11 is 1.34. The second kappa shape index (κ2) is 11.7. The Balaban J connectivity index is 1.35. The fourth-order valence-corrected chi connectivity index (χ4v) is 6.44. The van der Waals surface area contributed by atoms with E-state index in [2.05, 4.69) is 11.1 Å². The van der Waals surface area contributed by atoms with Crippen LogP contribution in [0.4, 0.5) is 5.69 Å². The maximum absolute atomic E-state index is 13.9.